The van der Waals surface area contributed by atoms with E-state index < -0.39 is 13.5 Å². The molecule has 3 aromatic carbocycles. The van der Waals surface area contributed by atoms with Crippen molar-refractivity contribution in [2.45, 2.75) is 0 Å². The molecule has 0 bridgehead atoms. The molecule has 0 atom stereocenters. The van der Waals surface area contributed by atoms with Crippen molar-refractivity contribution >= 4 is 48.7 Å². The maximum Gasteiger partial charge on any atom is 0.333 e. The van der Waals surface area contributed by atoms with E-state index in [9.17, 15) is 14.2 Å². The summed E-state index contributed by atoms with van der Waals surface area (Å²) in [6.45, 7) is -0.0160. The standard InChI is InChI=1S/C24H22Cl2NO6P/c1-31-34(30,32-2)10-9-33-23-13-16(7-8-22(23)27-24(29)15-28)20-5-3-4-6-21(20)17-11-18(25)14-19(26)12-17/h3-8,11-15H,9-10H2,1-2H3,(H,27,29). The first-order chi connectivity index (χ1) is 16.3. The van der Waals surface area contributed by atoms with E-state index in [1.54, 1.807) is 24.3 Å². The lowest BCUT2D eigenvalue weighted by molar-refractivity contribution is -0.127. The molecule has 0 fully saturated rings. The van der Waals surface area contributed by atoms with Crippen molar-refractivity contribution < 1.29 is 27.9 Å². The minimum atomic E-state index is -3.29. The molecular formula is C24H22Cl2NO6P. The molecule has 0 aromatic heterocycles. The highest BCUT2D eigenvalue weighted by molar-refractivity contribution is 7.53. The van der Waals surface area contributed by atoms with Gasteiger partial charge in [0.1, 0.15) is 5.75 Å². The average Bonchev–Trinajstić information content (AvgIpc) is 2.84. The van der Waals surface area contributed by atoms with Crippen LogP contribution in [0.4, 0.5) is 5.69 Å². The minimum Gasteiger partial charge on any atom is -0.491 e. The van der Waals surface area contributed by atoms with E-state index in [2.05, 4.69) is 5.32 Å². The molecule has 0 spiro atoms. The molecule has 34 heavy (non-hydrogen) atoms. The van der Waals surface area contributed by atoms with Gasteiger partial charge in [-0.1, -0.05) is 53.5 Å². The third-order valence-electron chi connectivity index (χ3n) is 4.94. The van der Waals surface area contributed by atoms with Gasteiger partial charge in [-0.3, -0.25) is 14.2 Å². The van der Waals surface area contributed by atoms with Crippen LogP contribution >= 0.6 is 30.8 Å². The van der Waals surface area contributed by atoms with Gasteiger partial charge in [-0.25, -0.2) is 0 Å². The fraction of sp³-hybridized carbons (Fsp3) is 0.167. The van der Waals surface area contributed by atoms with E-state index in [4.69, 9.17) is 37.0 Å². The lowest BCUT2D eigenvalue weighted by Crippen LogP contribution is -2.14. The molecule has 1 N–H and O–H groups in total. The van der Waals surface area contributed by atoms with E-state index in [0.29, 0.717) is 10.0 Å². The van der Waals surface area contributed by atoms with Crippen molar-refractivity contribution in [2.24, 2.45) is 0 Å². The van der Waals surface area contributed by atoms with Crippen molar-refractivity contribution in [3.05, 3.63) is 70.7 Å². The number of halogens is 2. The zero-order valence-electron chi connectivity index (χ0n) is 18.4. The van der Waals surface area contributed by atoms with Crippen LogP contribution in [0.5, 0.6) is 5.75 Å². The fourth-order valence-electron chi connectivity index (χ4n) is 3.30. The van der Waals surface area contributed by atoms with Crippen molar-refractivity contribution in [1.82, 2.24) is 0 Å². The number of hydrogen-bond acceptors (Lipinski definition) is 6. The van der Waals surface area contributed by atoms with Crippen molar-refractivity contribution in [1.29, 1.82) is 0 Å². The number of carbonyl (C=O) groups is 2. The predicted molar refractivity (Wildman–Crippen MR) is 134 cm³/mol. The van der Waals surface area contributed by atoms with E-state index in [-0.39, 0.29) is 30.5 Å². The van der Waals surface area contributed by atoms with E-state index in [1.165, 1.54) is 14.2 Å². The largest absolute Gasteiger partial charge is 0.491 e. The second-order valence-corrected chi connectivity index (χ2v) is 10.3. The van der Waals surface area contributed by atoms with Crippen LogP contribution in [0.15, 0.2) is 60.7 Å². The van der Waals surface area contributed by atoms with Gasteiger partial charge in [-0.15, -0.1) is 0 Å². The normalized spacial score (nSPS) is 11.2. The quantitative estimate of drug-likeness (QED) is 0.190. The number of carbonyl (C=O) groups excluding carboxylic acids is 2. The highest BCUT2D eigenvalue weighted by Gasteiger charge is 2.21. The Balaban J connectivity index is 2.01. The Morgan fingerprint density at radius 2 is 1.56 bits per heavy atom. The number of nitrogens with one attached hydrogen (secondary N) is 1. The van der Waals surface area contributed by atoms with Crippen LogP contribution in [-0.4, -0.2) is 39.2 Å². The Morgan fingerprint density at radius 1 is 0.941 bits per heavy atom. The van der Waals surface area contributed by atoms with Crippen molar-refractivity contribution in [3.63, 3.8) is 0 Å². The van der Waals surface area contributed by atoms with Crippen LogP contribution in [0.3, 0.4) is 0 Å². The van der Waals surface area contributed by atoms with Crippen LogP contribution in [0.2, 0.25) is 10.0 Å². The number of aldehydes is 1. The fourth-order valence-corrected chi connectivity index (χ4v) is 4.65. The molecule has 0 saturated carbocycles. The summed E-state index contributed by atoms with van der Waals surface area (Å²) in [5, 5.41) is 3.49. The van der Waals surface area contributed by atoms with E-state index >= 15 is 0 Å². The first-order valence-corrected chi connectivity index (χ1v) is 12.6. The SMILES string of the molecule is COP(=O)(CCOc1cc(-c2ccccc2-c2cc(Cl)cc(Cl)c2)ccc1NC(=O)C=O)OC. The molecule has 0 aliphatic carbocycles. The van der Waals surface area contributed by atoms with Gasteiger partial charge in [0.25, 0.3) is 5.91 Å². The Labute approximate surface area is 207 Å². The Morgan fingerprint density at radius 3 is 2.15 bits per heavy atom. The van der Waals surface area contributed by atoms with Crippen molar-refractivity contribution in [3.8, 4) is 28.0 Å². The molecule has 7 nitrogen and oxygen atoms in total. The summed E-state index contributed by atoms with van der Waals surface area (Å²) in [6.07, 6.45) is 0.156. The maximum absolute atomic E-state index is 12.3. The van der Waals surface area contributed by atoms with Gasteiger partial charge < -0.3 is 19.1 Å². The van der Waals surface area contributed by atoms with Crippen LogP contribution in [0, 0.1) is 0 Å². The number of anilines is 1. The van der Waals surface area contributed by atoms with Gasteiger partial charge in [0.15, 0.2) is 0 Å². The summed E-state index contributed by atoms with van der Waals surface area (Å²) in [6, 6.07) is 18.1. The zero-order valence-corrected chi connectivity index (χ0v) is 20.8. The number of amides is 1. The second-order valence-electron chi connectivity index (χ2n) is 7.07. The van der Waals surface area contributed by atoms with Gasteiger partial charge in [0.2, 0.25) is 6.29 Å². The Kier molecular flexibility index (Phi) is 8.89. The van der Waals surface area contributed by atoms with Gasteiger partial charge >= 0.3 is 7.60 Å². The molecule has 1 amide bonds. The first kappa shape index (κ1) is 25.9. The Bertz CT molecular complexity index is 1220. The zero-order chi connectivity index (χ0) is 24.7. The minimum absolute atomic E-state index is 0.0110. The number of ether oxygens (including phenoxy) is 1. The number of rotatable bonds is 10. The molecule has 178 valence electrons. The molecular weight excluding hydrogens is 500 g/mol. The lowest BCUT2D eigenvalue weighted by atomic mass is 9.94. The molecule has 0 unspecified atom stereocenters. The van der Waals surface area contributed by atoms with Gasteiger partial charge in [-0.2, -0.15) is 0 Å². The third-order valence-corrected chi connectivity index (χ3v) is 7.22. The molecule has 0 radical (unpaired) electrons. The predicted octanol–water partition coefficient (Wildman–Crippen LogP) is 6.33. The van der Waals surface area contributed by atoms with Crippen LogP contribution < -0.4 is 10.1 Å². The molecule has 0 aliphatic heterocycles. The summed E-state index contributed by atoms with van der Waals surface area (Å²) in [5.74, 6) is -0.545. The topological polar surface area (TPSA) is 90.9 Å². The monoisotopic (exact) mass is 521 g/mol. The molecule has 10 heteroatoms. The van der Waals surface area contributed by atoms with Gasteiger partial charge in [0, 0.05) is 24.3 Å². The molecule has 0 heterocycles. The van der Waals surface area contributed by atoms with E-state index in [0.717, 1.165) is 22.3 Å². The summed E-state index contributed by atoms with van der Waals surface area (Å²) in [7, 11) is -0.705. The van der Waals surface area contributed by atoms with Crippen LogP contribution in [0.25, 0.3) is 22.3 Å². The van der Waals surface area contributed by atoms with Crippen LogP contribution in [-0.2, 0) is 23.2 Å². The van der Waals surface area contributed by atoms with Crippen molar-refractivity contribution in [2.75, 3.05) is 32.3 Å². The lowest BCUT2D eigenvalue weighted by Gasteiger charge is -2.17. The third kappa shape index (κ3) is 6.47. The summed E-state index contributed by atoms with van der Waals surface area (Å²) in [4.78, 5) is 22.5. The van der Waals surface area contributed by atoms with Gasteiger partial charge in [-0.05, 0) is 52.6 Å². The highest BCUT2D eigenvalue weighted by Crippen LogP contribution is 2.46. The summed E-state index contributed by atoms with van der Waals surface area (Å²) in [5.41, 5.74) is 3.63. The maximum atomic E-state index is 12.3. The first-order valence-electron chi connectivity index (χ1n) is 10.1. The molecule has 0 saturated heterocycles. The van der Waals surface area contributed by atoms with E-state index in [1.807, 2.05) is 36.4 Å². The summed E-state index contributed by atoms with van der Waals surface area (Å²) < 4.78 is 28.0. The van der Waals surface area contributed by atoms with Gasteiger partial charge in [0.05, 0.1) is 18.5 Å². The average molecular weight is 522 g/mol. The highest BCUT2D eigenvalue weighted by atomic mass is 35.5. The second kappa shape index (κ2) is 11.6. The summed E-state index contributed by atoms with van der Waals surface area (Å²) >= 11 is 12.4. The molecule has 0 aliphatic rings. The molecule has 3 aromatic rings. The smallest absolute Gasteiger partial charge is 0.333 e. The van der Waals surface area contributed by atoms with Crippen LogP contribution in [0.1, 0.15) is 0 Å². The Hall–Kier alpha value is -2.67. The number of hydrogen-bond donors (Lipinski definition) is 1. The number of benzene rings is 3. The molecule has 3 rings (SSSR count).